The van der Waals surface area contributed by atoms with Gasteiger partial charge in [0.05, 0.1) is 10.9 Å². The van der Waals surface area contributed by atoms with E-state index >= 15 is 0 Å². The van der Waals surface area contributed by atoms with Crippen molar-refractivity contribution in [2.45, 2.75) is 24.3 Å². The number of anilines is 1. The number of nitrogens with one attached hydrogen (secondary N) is 1. The summed E-state index contributed by atoms with van der Waals surface area (Å²) in [5, 5.41) is 2.52. The maximum atomic E-state index is 13.3. The summed E-state index contributed by atoms with van der Waals surface area (Å²) in [7, 11) is 0. The molecule has 1 aromatic heterocycles. The van der Waals surface area contributed by atoms with E-state index in [4.69, 9.17) is 0 Å². The maximum absolute atomic E-state index is 13.3. The van der Waals surface area contributed by atoms with Crippen molar-refractivity contribution >= 4 is 23.4 Å². The number of hydrogen-bond donors (Lipinski definition) is 1. The summed E-state index contributed by atoms with van der Waals surface area (Å²) in [6.07, 6.45) is 0. The SMILES string of the molecule is Cc1cc(-c2ccccc2)nc(S[C@@H](C)C(=O)Nc2ccc(F)c(F)c2)n1. The minimum absolute atomic E-state index is 0.196. The molecule has 0 aliphatic rings. The van der Waals surface area contributed by atoms with Crippen molar-refractivity contribution in [1.29, 1.82) is 0 Å². The molecular formula is C20H17F2N3OS. The first-order valence-corrected chi connectivity index (χ1v) is 9.14. The Kier molecular flexibility index (Phi) is 5.81. The number of aryl methyl sites for hydroxylation is 1. The molecule has 0 saturated carbocycles. The van der Waals surface area contributed by atoms with Crippen molar-refractivity contribution < 1.29 is 13.6 Å². The number of aromatic nitrogens is 2. The molecule has 4 nitrogen and oxygen atoms in total. The van der Waals surface area contributed by atoms with Crippen molar-refractivity contribution in [3.8, 4) is 11.3 Å². The zero-order valence-corrected chi connectivity index (χ0v) is 15.6. The standard InChI is InChI=1S/C20H17F2N3OS/c1-12-10-18(14-6-4-3-5-7-14)25-20(23-12)27-13(2)19(26)24-15-8-9-16(21)17(22)11-15/h3-11,13H,1-2H3,(H,24,26)/t13-/m0/s1. The Balaban J connectivity index is 1.73. The Labute approximate surface area is 160 Å². The molecule has 0 bridgehead atoms. The van der Waals surface area contributed by atoms with Crippen molar-refractivity contribution in [2.75, 3.05) is 5.32 Å². The summed E-state index contributed by atoms with van der Waals surface area (Å²) in [5.74, 6) is -2.32. The molecule has 138 valence electrons. The third-order valence-electron chi connectivity index (χ3n) is 3.74. The molecule has 1 N–H and O–H groups in total. The second kappa shape index (κ2) is 8.26. The van der Waals surface area contributed by atoms with Crippen LogP contribution in [0.25, 0.3) is 11.3 Å². The molecule has 1 heterocycles. The summed E-state index contributed by atoms with van der Waals surface area (Å²) >= 11 is 1.20. The summed E-state index contributed by atoms with van der Waals surface area (Å²) in [5.41, 5.74) is 2.73. The number of benzene rings is 2. The van der Waals surface area contributed by atoms with Crippen LogP contribution >= 0.6 is 11.8 Å². The predicted molar refractivity (Wildman–Crippen MR) is 103 cm³/mol. The van der Waals surface area contributed by atoms with Crippen LogP contribution in [0.1, 0.15) is 12.6 Å². The second-order valence-electron chi connectivity index (χ2n) is 5.92. The van der Waals surface area contributed by atoms with Crippen molar-refractivity contribution in [2.24, 2.45) is 0 Å². The molecular weight excluding hydrogens is 368 g/mol. The first kappa shape index (κ1) is 19.0. The van der Waals surface area contributed by atoms with Gasteiger partial charge in [-0.25, -0.2) is 18.7 Å². The minimum Gasteiger partial charge on any atom is -0.325 e. The highest BCUT2D eigenvalue weighted by atomic mass is 32.2. The Morgan fingerprint density at radius 1 is 1.04 bits per heavy atom. The largest absolute Gasteiger partial charge is 0.325 e. The van der Waals surface area contributed by atoms with Gasteiger partial charge in [-0.15, -0.1) is 0 Å². The number of carbonyl (C=O) groups is 1. The molecule has 7 heteroatoms. The van der Waals surface area contributed by atoms with E-state index in [9.17, 15) is 13.6 Å². The zero-order valence-electron chi connectivity index (χ0n) is 14.7. The van der Waals surface area contributed by atoms with E-state index in [1.165, 1.54) is 17.8 Å². The molecule has 27 heavy (non-hydrogen) atoms. The van der Waals surface area contributed by atoms with Crippen LogP contribution in [0.2, 0.25) is 0 Å². The van der Waals surface area contributed by atoms with E-state index in [1.807, 2.05) is 43.3 Å². The van der Waals surface area contributed by atoms with E-state index in [0.29, 0.717) is 5.16 Å². The van der Waals surface area contributed by atoms with Crippen LogP contribution in [0.5, 0.6) is 0 Å². The topological polar surface area (TPSA) is 54.9 Å². The molecule has 0 radical (unpaired) electrons. The van der Waals surface area contributed by atoms with E-state index in [0.717, 1.165) is 29.1 Å². The lowest BCUT2D eigenvalue weighted by Crippen LogP contribution is -2.22. The summed E-state index contributed by atoms with van der Waals surface area (Å²) in [6, 6.07) is 14.8. The van der Waals surface area contributed by atoms with Crippen LogP contribution in [-0.2, 0) is 4.79 Å². The Bertz CT molecular complexity index is 967. The average molecular weight is 385 g/mol. The molecule has 3 aromatic rings. The smallest absolute Gasteiger partial charge is 0.237 e. The lowest BCUT2D eigenvalue weighted by atomic mass is 10.1. The molecule has 0 unspecified atom stereocenters. The van der Waals surface area contributed by atoms with Gasteiger partial charge in [0.25, 0.3) is 0 Å². The van der Waals surface area contributed by atoms with E-state index in [2.05, 4.69) is 15.3 Å². The molecule has 0 aliphatic carbocycles. The fourth-order valence-electron chi connectivity index (χ4n) is 2.38. The van der Waals surface area contributed by atoms with Crippen LogP contribution in [-0.4, -0.2) is 21.1 Å². The van der Waals surface area contributed by atoms with Gasteiger partial charge in [0.2, 0.25) is 5.91 Å². The Morgan fingerprint density at radius 3 is 2.48 bits per heavy atom. The third-order valence-corrected chi connectivity index (χ3v) is 4.70. The summed E-state index contributed by atoms with van der Waals surface area (Å²) < 4.78 is 26.3. The molecule has 1 amide bonds. The average Bonchev–Trinajstić information content (AvgIpc) is 2.65. The predicted octanol–water partition coefficient (Wildman–Crippen LogP) is 4.85. The fourth-order valence-corrected chi connectivity index (χ4v) is 3.21. The molecule has 0 fully saturated rings. The van der Waals surface area contributed by atoms with Gasteiger partial charge in [-0.3, -0.25) is 4.79 Å². The van der Waals surface area contributed by atoms with Crippen molar-refractivity contribution in [3.63, 3.8) is 0 Å². The fraction of sp³-hybridized carbons (Fsp3) is 0.150. The van der Waals surface area contributed by atoms with Gasteiger partial charge < -0.3 is 5.32 Å². The van der Waals surface area contributed by atoms with E-state index in [1.54, 1.807) is 6.92 Å². The van der Waals surface area contributed by atoms with Gasteiger partial charge in [-0.1, -0.05) is 42.1 Å². The first-order chi connectivity index (χ1) is 12.9. The van der Waals surface area contributed by atoms with Gasteiger partial charge >= 0.3 is 0 Å². The molecule has 0 aliphatic heterocycles. The van der Waals surface area contributed by atoms with Gasteiger partial charge in [0.1, 0.15) is 0 Å². The Morgan fingerprint density at radius 2 is 1.78 bits per heavy atom. The van der Waals surface area contributed by atoms with Crippen LogP contribution in [0.4, 0.5) is 14.5 Å². The molecule has 0 saturated heterocycles. The highest BCUT2D eigenvalue weighted by Gasteiger charge is 2.18. The van der Waals surface area contributed by atoms with Crippen LogP contribution in [0.3, 0.4) is 0 Å². The van der Waals surface area contributed by atoms with Gasteiger partial charge in [0.15, 0.2) is 16.8 Å². The number of carbonyl (C=O) groups excluding carboxylic acids is 1. The first-order valence-electron chi connectivity index (χ1n) is 8.26. The van der Waals surface area contributed by atoms with Gasteiger partial charge in [0, 0.05) is 23.0 Å². The number of nitrogens with zero attached hydrogens (tertiary/aromatic N) is 2. The lowest BCUT2D eigenvalue weighted by molar-refractivity contribution is -0.115. The van der Waals surface area contributed by atoms with Crippen LogP contribution < -0.4 is 5.32 Å². The maximum Gasteiger partial charge on any atom is 0.237 e. The quantitative estimate of drug-likeness (QED) is 0.504. The van der Waals surface area contributed by atoms with Crippen LogP contribution in [0, 0.1) is 18.6 Å². The number of amides is 1. The molecule has 2 aromatic carbocycles. The summed E-state index contributed by atoms with van der Waals surface area (Å²) in [4.78, 5) is 21.2. The van der Waals surface area contributed by atoms with Crippen molar-refractivity contribution in [1.82, 2.24) is 9.97 Å². The number of thioether (sulfide) groups is 1. The van der Waals surface area contributed by atoms with Gasteiger partial charge in [-0.05, 0) is 32.0 Å². The molecule has 0 spiro atoms. The lowest BCUT2D eigenvalue weighted by Gasteiger charge is -2.12. The molecule has 1 atom stereocenters. The van der Waals surface area contributed by atoms with Crippen molar-refractivity contribution in [3.05, 3.63) is 71.9 Å². The van der Waals surface area contributed by atoms with Crippen LogP contribution in [0.15, 0.2) is 59.8 Å². The highest BCUT2D eigenvalue weighted by molar-refractivity contribution is 8.00. The van der Waals surface area contributed by atoms with E-state index < -0.39 is 16.9 Å². The highest BCUT2D eigenvalue weighted by Crippen LogP contribution is 2.25. The summed E-state index contributed by atoms with van der Waals surface area (Å²) in [6.45, 7) is 3.57. The third kappa shape index (κ3) is 4.89. The zero-order chi connectivity index (χ0) is 19.4. The normalized spacial score (nSPS) is 11.9. The number of rotatable bonds is 5. The monoisotopic (exact) mass is 385 g/mol. The number of hydrogen-bond acceptors (Lipinski definition) is 4. The molecule has 3 rings (SSSR count). The second-order valence-corrected chi connectivity index (χ2v) is 7.23. The number of halogens is 2. The van der Waals surface area contributed by atoms with Gasteiger partial charge in [-0.2, -0.15) is 0 Å². The Hall–Kier alpha value is -2.80. The minimum atomic E-state index is -1.01. The van der Waals surface area contributed by atoms with E-state index in [-0.39, 0.29) is 11.6 Å².